The lowest BCUT2D eigenvalue weighted by Crippen LogP contribution is -2.21. The summed E-state index contributed by atoms with van der Waals surface area (Å²) in [7, 11) is 3.13. The van der Waals surface area contributed by atoms with E-state index in [0.29, 0.717) is 17.2 Å². The minimum atomic E-state index is -0.203. The Morgan fingerprint density at radius 1 is 1.13 bits per heavy atom. The predicted molar refractivity (Wildman–Crippen MR) is 87.8 cm³/mol. The van der Waals surface area contributed by atoms with Gasteiger partial charge in [0.1, 0.15) is 0 Å². The Hall–Kier alpha value is -2.89. The molecule has 1 aromatic heterocycles. The molecular formula is C17H19N3O3. The smallest absolute Gasteiger partial charge is 0.244 e. The molecule has 0 fully saturated rings. The minimum absolute atomic E-state index is 0.202. The molecule has 120 valence electrons. The van der Waals surface area contributed by atoms with Gasteiger partial charge in [-0.05, 0) is 36.8 Å². The van der Waals surface area contributed by atoms with Gasteiger partial charge in [0.05, 0.1) is 26.4 Å². The van der Waals surface area contributed by atoms with Crippen LogP contribution in [0.15, 0.2) is 47.8 Å². The van der Waals surface area contributed by atoms with Gasteiger partial charge >= 0.3 is 0 Å². The second-order valence-electron chi connectivity index (χ2n) is 4.83. The van der Waals surface area contributed by atoms with Gasteiger partial charge in [0.15, 0.2) is 11.5 Å². The summed E-state index contributed by atoms with van der Waals surface area (Å²) < 4.78 is 10.4. The minimum Gasteiger partial charge on any atom is -0.493 e. The van der Waals surface area contributed by atoms with Crippen LogP contribution in [0.2, 0.25) is 0 Å². The van der Waals surface area contributed by atoms with Gasteiger partial charge in [-0.15, -0.1) is 0 Å². The number of hydrogen-bond acceptors (Lipinski definition) is 5. The van der Waals surface area contributed by atoms with Crippen molar-refractivity contribution >= 4 is 11.6 Å². The third kappa shape index (κ3) is 4.54. The molecule has 0 aliphatic heterocycles. The zero-order valence-electron chi connectivity index (χ0n) is 13.4. The van der Waals surface area contributed by atoms with Crippen LogP contribution in [0.4, 0.5) is 0 Å². The van der Waals surface area contributed by atoms with E-state index in [-0.39, 0.29) is 12.3 Å². The SMILES string of the molecule is COc1ccc(CC(=O)NN=C(C)c2ccncc2)cc1OC. The molecule has 0 saturated carbocycles. The van der Waals surface area contributed by atoms with E-state index in [9.17, 15) is 4.79 Å². The largest absolute Gasteiger partial charge is 0.493 e. The zero-order chi connectivity index (χ0) is 16.7. The maximum atomic E-state index is 12.0. The summed E-state index contributed by atoms with van der Waals surface area (Å²) in [5.74, 6) is 1.02. The van der Waals surface area contributed by atoms with Gasteiger partial charge in [-0.1, -0.05) is 6.07 Å². The maximum absolute atomic E-state index is 12.0. The Kier molecular flexibility index (Phi) is 5.68. The number of nitrogens with zero attached hydrogens (tertiary/aromatic N) is 2. The van der Waals surface area contributed by atoms with Gasteiger partial charge in [0.2, 0.25) is 5.91 Å². The summed E-state index contributed by atoms with van der Waals surface area (Å²) in [6.45, 7) is 1.83. The number of aromatic nitrogens is 1. The van der Waals surface area contributed by atoms with Gasteiger partial charge in [-0.2, -0.15) is 5.10 Å². The number of rotatable bonds is 6. The Morgan fingerprint density at radius 3 is 2.48 bits per heavy atom. The first kappa shape index (κ1) is 16.5. The molecule has 0 radical (unpaired) electrons. The summed E-state index contributed by atoms with van der Waals surface area (Å²) in [5, 5.41) is 4.10. The second-order valence-corrected chi connectivity index (χ2v) is 4.83. The normalized spacial score (nSPS) is 11.0. The average Bonchev–Trinajstić information content (AvgIpc) is 2.60. The Balaban J connectivity index is 2.00. The number of hydrazone groups is 1. The van der Waals surface area contributed by atoms with E-state index >= 15 is 0 Å². The zero-order valence-corrected chi connectivity index (χ0v) is 13.4. The van der Waals surface area contributed by atoms with Crippen molar-refractivity contribution in [2.75, 3.05) is 14.2 Å². The molecule has 1 heterocycles. The predicted octanol–water partition coefficient (Wildman–Crippen LogP) is 2.18. The van der Waals surface area contributed by atoms with Crippen molar-refractivity contribution in [3.63, 3.8) is 0 Å². The highest BCUT2D eigenvalue weighted by molar-refractivity contribution is 5.99. The van der Waals surface area contributed by atoms with Crippen molar-refractivity contribution in [3.05, 3.63) is 53.9 Å². The highest BCUT2D eigenvalue weighted by atomic mass is 16.5. The Bertz CT molecular complexity index is 699. The molecule has 0 aliphatic carbocycles. The van der Waals surface area contributed by atoms with Gasteiger partial charge in [0, 0.05) is 18.0 Å². The van der Waals surface area contributed by atoms with Crippen molar-refractivity contribution in [1.29, 1.82) is 0 Å². The van der Waals surface area contributed by atoms with E-state index in [4.69, 9.17) is 9.47 Å². The molecule has 1 aromatic carbocycles. The Labute approximate surface area is 135 Å². The third-order valence-corrected chi connectivity index (χ3v) is 3.26. The quantitative estimate of drug-likeness (QED) is 0.655. The second kappa shape index (κ2) is 7.93. The summed E-state index contributed by atoms with van der Waals surface area (Å²) in [6, 6.07) is 9.03. The molecule has 2 aromatic rings. The molecule has 0 spiro atoms. The van der Waals surface area contributed by atoms with Crippen LogP contribution in [0.5, 0.6) is 11.5 Å². The van der Waals surface area contributed by atoms with Crippen molar-refractivity contribution in [3.8, 4) is 11.5 Å². The number of amides is 1. The first-order valence-corrected chi connectivity index (χ1v) is 7.08. The van der Waals surface area contributed by atoms with Gasteiger partial charge in [-0.25, -0.2) is 5.43 Å². The van der Waals surface area contributed by atoms with E-state index < -0.39 is 0 Å². The first-order chi connectivity index (χ1) is 11.1. The number of benzene rings is 1. The number of carbonyl (C=O) groups is 1. The molecule has 6 nitrogen and oxygen atoms in total. The molecule has 2 rings (SSSR count). The molecular weight excluding hydrogens is 294 g/mol. The van der Waals surface area contributed by atoms with Crippen molar-refractivity contribution in [2.45, 2.75) is 13.3 Å². The fourth-order valence-corrected chi connectivity index (χ4v) is 2.02. The Morgan fingerprint density at radius 2 is 1.83 bits per heavy atom. The fraction of sp³-hybridized carbons (Fsp3) is 0.235. The van der Waals surface area contributed by atoms with Crippen LogP contribution in [0.1, 0.15) is 18.1 Å². The molecule has 23 heavy (non-hydrogen) atoms. The number of pyridine rings is 1. The maximum Gasteiger partial charge on any atom is 0.244 e. The van der Waals surface area contributed by atoms with Crippen LogP contribution in [-0.2, 0) is 11.2 Å². The fourth-order valence-electron chi connectivity index (χ4n) is 2.02. The van der Waals surface area contributed by atoms with Gasteiger partial charge in [-0.3, -0.25) is 9.78 Å². The lowest BCUT2D eigenvalue weighted by atomic mass is 10.1. The number of hydrogen-bond donors (Lipinski definition) is 1. The van der Waals surface area contributed by atoms with Gasteiger partial charge in [0.25, 0.3) is 0 Å². The lowest BCUT2D eigenvalue weighted by Gasteiger charge is -2.09. The van der Waals surface area contributed by atoms with E-state index in [0.717, 1.165) is 11.1 Å². The number of methoxy groups -OCH3 is 2. The molecule has 0 saturated heterocycles. The van der Waals surface area contributed by atoms with Crippen molar-refractivity contribution in [1.82, 2.24) is 10.4 Å². The van der Waals surface area contributed by atoms with Crippen LogP contribution in [0, 0.1) is 0 Å². The number of ether oxygens (including phenoxy) is 2. The van der Waals surface area contributed by atoms with E-state index in [2.05, 4.69) is 15.5 Å². The molecule has 0 aliphatic rings. The third-order valence-electron chi connectivity index (χ3n) is 3.26. The van der Waals surface area contributed by atoms with Crippen LogP contribution < -0.4 is 14.9 Å². The highest BCUT2D eigenvalue weighted by Crippen LogP contribution is 2.27. The monoisotopic (exact) mass is 313 g/mol. The van der Waals surface area contributed by atoms with Crippen LogP contribution >= 0.6 is 0 Å². The van der Waals surface area contributed by atoms with Crippen LogP contribution in [0.3, 0.4) is 0 Å². The molecule has 0 bridgehead atoms. The summed E-state index contributed by atoms with van der Waals surface area (Å²) in [4.78, 5) is 15.9. The van der Waals surface area contributed by atoms with Crippen molar-refractivity contribution < 1.29 is 14.3 Å². The summed E-state index contributed by atoms with van der Waals surface area (Å²) in [5.41, 5.74) is 4.99. The first-order valence-electron chi connectivity index (χ1n) is 7.08. The molecule has 0 atom stereocenters. The molecule has 1 amide bonds. The lowest BCUT2D eigenvalue weighted by molar-refractivity contribution is -0.120. The van der Waals surface area contributed by atoms with E-state index in [1.54, 1.807) is 38.7 Å². The topological polar surface area (TPSA) is 72.8 Å². The van der Waals surface area contributed by atoms with Crippen molar-refractivity contribution in [2.24, 2.45) is 5.10 Å². The van der Waals surface area contributed by atoms with E-state index in [1.165, 1.54) is 0 Å². The van der Waals surface area contributed by atoms with E-state index in [1.807, 2.05) is 25.1 Å². The standard InChI is InChI=1S/C17H19N3O3/c1-12(14-6-8-18-9-7-14)19-20-17(21)11-13-4-5-15(22-2)16(10-13)23-3/h4-10H,11H2,1-3H3,(H,20,21). The average molecular weight is 313 g/mol. The summed E-state index contributed by atoms with van der Waals surface area (Å²) >= 11 is 0. The summed E-state index contributed by atoms with van der Waals surface area (Å²) in [6.07, 6.45) is 3.56. The van der Waals surface area contributed by atoms with Crippen LogP contribution in [0.25, 0.3) is 0 Å². The number of carbonyl (C=O) groups excluding carboxylic acids is 1. The highest BCUT2D eigenvalue weighted by Gasteiger charge is 2.08. The molecule has 0 unspecified atom stereocenters. The molecule has 6 heteroatoms. The molecule has 1 N–H and O–H groups in total. The van der Waals surface area contributed by atoms with Gasteiger partial charge < -0.3 is 9.47 Å². The number of nitrogens with one attached hydrogen (secondary N) is 1. The van der Waals surface area contributed by atoms with Crippen LogP contribution in [-0.4, -0.2) is 30.8 Å².